The SMILES string of the molecule is CCCC(CN)(Cc1ccsc1)C(=O)O. The van der Waals surface area contributed by atoms with E-state index in [1.165, 1.54) is 0 Å². The highest BCUT2D eigenvalue weighted by Gasteiger charge is 2.36. The maximum atomic E-state index is 11.3. The van der Waals surface area contributed by atoms with Crippen molar-refractivity contribution in [1.29, 1.82) is 0 Å². The van der Waals surface area contributed by atoms with Crippen molar-refractivity contribution in [3.63, 3.8) is 0 Å². The van der Waals surface area contributed by atoms with E-state index in [2.05, 4.69) is 0 Å². The highest BCUT2D eigenvalue weighted by atomic mass is 32.1. The third kappa shape index (κ3) is 2.79. The molecule has 4 heteroatoms. The Morgan fingerprint density at radius 2 is 2.40 bits per heavy atom. The fraction of sp³-hybridized carbons (Fsp3) is 0.545. The van der Waals surface area contributed by atoms with Crippen LogP contribution in [0.4, 0.5) is 0 Å². The molecule has 0 fully saturated rings. The van der Waals surface area contributed by atoms with Gasteiger partial charge >= 0.3 is 5.97 Å². The Bertz CT molecular complexity index is 310. The summed E-state index contributed by atoms with van der Waals surface area (Å²) in [5, 5.41) is 13.2. The molecule has 0 aliphatic carbocycles. The van der Waals surface area contributed by atoms with Gasteiger partial charge in [-0.1, -0.05) is 13.3 Å². The number of carboxylic acid groups (broad SMARTS) is 1. The molecule has 0 aliphatic heterocycles. The van der Waals surface area contributed by atoms with Crippen LogP contribution in [0, 0.1) is 5.41 Å². The van der Waals surface area contributed by atoms with Crippen molar-refractivity contribution in [3.05, 3.63) is 22.4 Å². The van der Waals surface area contributed by atoms with Gasteiger partial charge in [0.1, 0.15) is 0 Å². The van der Waals surface area contributed by atoms with E-state index in [1.54, 1.807) is 11.3 Å². The second-order valence-electron chi connectivity index (χ2n) is 3.85. The van der Waals surface area contributed by atoms with Gasteiger partial charge in [0.25, 0.3) is 0 Å². The molecule has 3 nitrogen and oxygen atoms in total. The third-order valence-corrected chi connectivity index (χ3v) is 3.43. The molecule has 1 heterocycles. The van der Waals surface area contributed by atoms with Crippen molar-refractivity contribution < 1.29 is 9.90 Å². The van der Waals surface area contributed by atoms with Crippen molar-refractivity contribution >= 4 is 17.3 Å². The van der Waals surface area contributed by atoms with Crippen LogP contribution in [0.1, 0.15) is 25.3 Å². The fourth-order valence-corrected chi connectivity index (χ4v) is 2.46. The van der Waals surface area contributed by atoms with Gasteiger partial charge in [-0.2, -0.15) is 11.3 Å². The summed E-state index contributed by atoms with van der Waals surface area (Å²) in [6.45, 7) is 2.19. The molecule has 1 aromatic heterocycles. The molecule has 0 radical (unpaired) electrons. The van der Waals surface area contributed by atoms with Crippen LogP contribution < -0.4 is 5.73 Å². The summed E-state index contributed by atoms with van der Waals surface area (Å²) in [5.74, 6) is -0.780. The highest BCUT2D eigenvalue weighted by Crippen LogP contribution is 2.29. The number of thiophene rings is 1. The lowest BCUT2D eigenvalue weighted by Gasteiger charge is -2.27. The van der Waals surface area contributed by atoms with E-state index in [9.17, 15) is 9.90 Å². The molecule has 0 bridgehead atoms. The molecule has 1 aromatic rings. The lowest BCUT2D eigenvalue weighted by molar-refractivity contribution is -0.148. The predicted octanol–water partition coefficient (Wildman–Crippen LogP) is 2.12. The minimum absolute atomic E-state index is 0.200. The lowest BCUT2D eigenvalue weighted by atomic mass is 9.78. The summed E-state index contributed by atoms with van der Waals surface area (Å²) in [5.41, 5.74) is 5.92. The van der Waals surface area contributed by atoms with Gasteiger partial charge in [0, 0.05) is 6.54 Å². The van der Waals surface area contributed by atoms with E-state index in [0.717, 1.165) is 12.0 Å². The molecule has 15 heavy (non-hydrogen) atoms. The molecule has 1 unspecified atom stereocenters. The largest absolute Gasteiger partial charge is 0.481 e. The first-order chi connectivity index (χ1) is 7.14. The molecule has 0 aromatic carbocycles. The van der Waals surface area contributed by atoms with Gasteiger partial charge in [-0.05, 0) is 35.2 Å². The predicted molar refractivity (Wildman–Crippen MR) is 62.1 cm³/mol. The molecule has 1 rings (SSSR count). The fourth-order valence-electron chi connectivity index (χ4n) is 1.80. The number of aliphatic carboxylic acids is 1. The molecule has 84 valence electrons. The van der Waals surface area contributed by atoms with E-state index in [0.29, 0.717) is 12.8 Å². The van der Waals surface area contributed by atoms with E-state index in [1.807, 2.05) is 23.8 Å². The van der Waals surface area contributed by atoms with Crippen LogP contribution in [0.3, 0.4) is 0 Å². The van der Waals surface area contributed by atoms with E-state index in [4.69, 9.17) is 5.73 Å². The van der Waals surface area contributed by atoms with Crippen molar-refractivity contribution in [3.8, 4) is 0 Å². The first-order valence-corrected chi connectivity index (χ1v) is 6.03. The Morgan fingerprint density at radius 1 is 1.67 bits per heavy atom. The monoisotopic (exact) mass is 227 g/mol. The van der Waals surface area contributed by atoms with E-state index in [-0.39, 0.29) is 6.54 Å². The summed E-state index contributed by atoms with van der Waals surface area (Å²) in [6.07, 6.45) is 2.01. The van der Waals surface area contributed by atoms with Gasteiger partial charge in [0.2, 0.25) is 0 Å². The molecule has 0 amide bonds. The normalized spacial score (nSPS) is 14.8. The van der Waals surface area contributed by atoms with Gasteiger partial charge in [-0.3, -0.25) is 4.79 Å². The Morgan fingerprint density at radius 3 is 2.80 bits per heavy atom. The quantitative estimate of drug-likeness (QED) is 0.782. The molecule has 0 spiro atoms. The van der Waals surface area contributed by atoms with Gasteiger partial charge < -0.3 is 10.8 Å². The second kappa shape index (κ2) is 5.28. The molecule has 3 N–H and O–H groups in total. The standard InChI is InChI=1S/C11H17NO2S/c1-2-4-11(8-12,10(13)14)6-9-3-5-15-7-9/h3,5,7H,2,4,6,8,12H2,1H3,(H,13,14). The number of nitrogens with two attached hydrogens (primary N) is 1. The van der Waals surface area contributed by atoms with Crippen LogP contribution in [0.25, 0.3) is 0 Å². The minimum atomic E-state index is -0.782. The summed E-state index contributed by atoms with van der Waals surface area (Å²) in [7, 11) is 0. The number of carbonyl (C=O) groups is 1. The zero-order valence-corrected chi connectivity index (χ0v) is 9.72. The first-order valence-electron chi connectivity index (χ1n) is 5.09. The number of carboxylic acids is 1. The molecule has 0 saturated heterocycles. The Balaban J connectivity index is 2.84. The van der Waals surface area contributed by atoms with Crippen molar-refractivity contribution in [1.82, 2.24) is 0 Å². The van der Waals surface area contributed by atoms with Crippen LogP contribution >= 0.6 is 11.3 Å². The van der Waals surface area contributed by atoms with Gasteiger partial charge in [0.15, 0.2) is 0 Å². The summed E-state index contributed by atoms with van der Waals surface area (Å²) >= 11 is 1.59. The maximum absolute atomic E-state index is 11.3. The van der Waals surface area contributed by atoms with Gasteiger partial charge in [-0.15, -0.1) is 0 Å². The highest BCUT2D eigenvalue weighted by molar-refractivity contribution is 7.07. The zero-order valence-electron chi connectivity index (χ0n) is 8.90. The van der Waals surface area contributed by atoms with Crippen molar-refractivity contribution in [2.75, 3.05) is 6.54 Å². The van der Waals surface area contributed by atoms with Crippen LogP contribution in [-0.2, 0) is 11.2 Å². The summed E-state index contributed by atoms with van der Waals surface area (Å²) in [4.78, 5) is 11.3. The molecular weight excluding hydrogens is 210 g/mol. The summed E-state index contributed by atoms with van der Waals surface area (Å²) in [6, 6.07) is 1.97. The lowest BCUT2D eigenvalue weighted by Crippen LogP contribution is -2.40. The summed E-state index contributed by atoms with van der Waals surface area (Å²) < 4.78 is 0. The first kappa shape index (κ1) is 12.2. The average Bonchev–Trinajstić information content (AvgIpc) is 2.69. The second-order valence-corrected chi connectivity index (χ2v) is 4.63. The number of rotatable bonds is 6. The number of hydrogen-bond donors (Lipinski definition) is 2. The van der Waals surface area contributed by atoms with Crippen LogP contribution in [0.15, 0.2) is 16.8 Å². The maximum Gasteiger partial charge on any atom is 0.311 e. The Kier molecular flexibility index (Phi) is 4.29. The smallest absolute Gasteiger partial charge is 0.311 e. The van der Waals surface area contributed by atoms with Gasteiger partial charge in [0.05, 0.1) is 5.41 Å². The molecule has 1 atom stereocenters. The van der Waals surface area contributed by atoms with Crippen molar-refractivity contribution in [2.24, 2.45) is 11.1 Å². The van der Waals surface area contributed by atoms with Crippen LogP contribution in [-0.4, -0.2) is 17.6 Å². The zero-order chi connectivity index (χ0) is 11.3. The topological polar surface area (TPSA) is 63.3 Å². The number of hydrogen-bond acceptors (Lipinski definition) is 3. The Hall–Kier alpha value is -0.870. The minimum Gasteiger partial charge on any atom is -0.481 e. The van der Waals surface area contributed by atoms with E-state index < -0.39 is 11.4 Å². The van der Waals surface area contributed by atoms with Gasteiger partial charge in [-0.25, -0.2) is 0 Å². The third-order valence-electron chi connectivity index (χ3n) is 2.70. The van der Waals surface area contributed by atoms with Crippen LogP contribution in [0.2, 0.25) is 0 Å². The average molecular weight is 227 g/mol. The Labute approximate surface area is 93.9 Å². The van der Waals surface area contributed by atoms with E-state index >= 15 is 0 Å². The van der Waals surface area contributed by atoms with Crippen LogP contribution in [0.5, 0.6) is 0 Å². The van der Waals surface area contributed by atoms with Crippen molar-refractivity contribution in [2.45, 2.75) is 26.2 Å². The molecule has 0 aliphatic rings. The molecule has 0 saturated carbocycles. The molecular formula is C11H17NO2S.